The first-order chi connectivity index (χ1) is 4.63. The second-order valence-corrected chi connectivity index (χ2v) is 2.72. The molecular weight excluding hydrogens is 179 g/mol. The molecule has 0 aliphatic rings. The molecule has 0 heterocycles. The maximum absolute atomic E-state index is 10.1. The van der Waals surface area contributed by atoms with Gasteiger partial charge in [-0.2, -0.15) is 0 Å². The van der Waals surface area contributed by atoms with Gasteiger partial charge >= 0.3 is 35.5 Å². The summed E-state index contributed by atoms with van der Waals surface area (Å²) in [7, 11) is 0. The van der Waals surface area contributed by atoms with Gasteiger partial charge in [-0.3, -0.25) is 9.00 Å². The first kappa shape index (κ1) is 14.1. The minimum atomic E-state index is -2.02. The quantitative estimate of drug-likeness (QED) is 0.202. The normalized spacial score (nSPS) is 11.5. The van der Waals surface area contributed by atoms with Gasteiger partial charge in [-0.05, 0) is 6.42 Å². The zero-order chi connectivity index (χ0) is 7.98. The maximum atomic E-state index is 10.1. The van der Waals surface area contributed by atoms with Crippen LogP contribution in [0.25, 0.3) is 0 Å². The minimum Gasteiger partial charge on any atom is -0.772 e. The van der Waals surface area contributed by atoms with Crippen LogP contribution in [0.2, 0.25) is 0 Å². The van der Waals surface area contributed by atoms with Crippen LogP contribution >= 0.6 is 0 Å². The Morgan fingerprint density at radius 3 is 2.55 bits per heavy atom. The Morgan fingerprint density at radius 2 is 2.18 bits per heavy atom. The Hall–Kier alpha value is 0.580. The summed E-state index contributed by atoms with van der Waals surface area (Å²) in [5.41, 5.74) is 0. The largest absolute Gasteiger partial charge is 1.00 e. The summed E-state index contributed by atoms with van der Waals surface area (Å²) in [6.07, 6.45) is 0.371. The molecule has 0 rings (SSSR count). The number of ether oxygens (including phenoxy) is 1. The van der Waals surface area contributed by atoms with Crippen LogP contribution in [0.4, 0.5) is 0 Å². The third kappa shape index (κ3) is 13.6. The molecule has 0 aromatic heterocycles. The van der Waals surface area contributed by atoms with E-state index in [0.717, 1.165) is 0 Å². The first-order valence-electron chi connectivity index (χ1n) is 2.82. The minimum absolute atomic E-state index is 0. The summed E-state index contributed by atoms with van der Waals surface area (Å²) in [4.78, 5) is 10.1. The van der Waals surface area contributed by atoms with Gasteiger partial charge in [0, 0.05) is 12.7 Å². The Labute approximate surface area is 90.3 Å². The number of esters is 1. The molecule has 1 unspecified atom stereocenters. The molecule has 0 aliphatic carbocycles. The predicted octanol–water partition coefficient (Wildman–Crippen LogP) is -3.18. The predicted molar refractivity (Wildman–Crippen MR) is 35.0 cm³/mol. The number of carbonyl (C=O) groups excluding carboxylic acids is 1. The Kier molecular flexibility index (Phi) is 11.1. The molecule has 0 aromatic carbocycles. The number of carbonyl (C=O) groups is 1. The van der Waals surface area contributed by atoms with Gasteiger partial charge in [0.25, 0.3) is 0 Å². The van der Waals surface area contributed by atoms with Crippen LogP contribution in [0, 0.1) is 0 Å². The molecule has 0 fully saturated rings. The third-order valence-corrected chi connectivity index (χ3v) is 1.38. The summed E-state index contributed by atoms with van der Waals surface area (Å²) in [6, 6.07) is 0. The van der Waals surface area contributed by atoms with Gasteiger partial charge in [-0.15, -0.1) is 0 Å². The van der Waals surface area contributed by atoms with E-state index in [0.29, 0.717) is 6.42 Å². The molecule has 0 N–H and O–H groups in total. The van der Waals surface area contributed by atoms with E-state index in [9.17, 15) is 13.6 Å². The van der Waals surface area contributed by atoms with Gasteiger partial charge in [0.15, 0.2) is 0 Å². The number of hydrogen-bond donors (Lipinski definition) is 0. The molecule has 0 radical (unpaired) electrons. The van der Waals surface area contributed by atoms with Crippen molar-refractivity contribution in [1.29, 1.82) is 0 Å². The van der Waals surface area contributed by atoms with Crippen LogP contribution in [0.1, 0.15) is 13.3 Å². The monoisotopic (exact) mass is 188 g/mol. The average molecular weight is 188 g/mol. The molecule has 60 valence electrons. The summed E-state index contributed by atoms with van der Waals surface area (Å²) in [5.74, 6) is -0.329. The first-order valence-corrected chi connectivity index (χ1v) is 4.06. The van der Waals surface area contributed by atoms with Crippen LogP contribution in [-0.4, -0.2) is 27.1 Å². The summed E-state index contributed by atoms with van der Waals surface area (Å²) >= 11 is -2.02. The van der Waals surface area contributed by atoms with E-state index in [1.54, 1.807) is 0 Å². The van der Waals surface area contributed by atoms with E-state index in [-0.39, 0.29) is 47.9 Å². The van der Waals surface area contributed by atoms with E-state index in [1.165, 1.54) is 6.92 Å². The molecule has 0 bridgehead atoms. The zero-order valence-electron chi connectivity index (χ0n) is 6.66. The Balaban J connectivity index is 0. The van der Waals surface area contributed by atoms with Crippen LogP contribution in [0.3, 0.4) is 0 Å². The molecule has 0 aliphatic heterocycles. The van der Waals surface area contributed by atoms with Crippen molar-refractivity contribution in [3.05, 3.63) is 0 Å². The van der Waals surface area contributed by atoms with E-state index in [4.69, 9.17) is 0 Å². The Bertz CT molecular complexity index is 122. The topological polar surface area (TPSA) is 66.4 Å². The molecular formula is C5H9NaO4S. The van der Waals surface area contributed by atoms with Gasteiger partial charge in [0.2, 0.25) is 0 Å². The molecule has 0 aromatic rings. The van der Waals surface area contributed by atoms with Crippen molar-refractivity contribution in [2.24, 2.45) is 0 Å². The van der Waals surface area contributed by atoms with Gasteiger partial charge in [0.1, 0.15) is 0 Å². The second kappa shape index (κ2) is 8.67. The van der Waals surface area contributed by atoms with Gasteiger partial charge in [-0.25, -0.2) is 0 Å². The van der Waals surface area contributed by atoms with Gasteiger partial charge in [-0.1, -0.05) is 11.1 Å². The number of hydrogen-bond acceptors (Lipinski definition) is 4. The van der Waals surface area contributed by atoms with Gasteiger partial charge in [0.05, 0.1) is 6.61 Å². The fraction of sp³-hybridized carbons (Fsp3) is 0.800. The van der Waals surface area contributed by atoms with E-state index in [2.05, 4.69) is 4.74 Å². The fourth-order valence-corrected chi connectivity index (χ4v) is 0.746. The molecule has 6 heteroatoms. The van der Waals surface area contributed by atoms with Gasteiger partial charge < -0.3 is 9.29 Å². The van der Waals surface area contributed by atoms with Crippen LogP contribution in [0.15, 0.2) is 0 Å². The number of rotatable bonds is 4. The fourth-order valence-electron chi connectivity index (χ4n) is 0.393. The van der Waals surface area contributed by atoms with Crippen molar-refractivity contribution in [2.75, 3.05) is 12.4 Å². The van der Waals surface area contributed by atoms with Crippen molar-refractivity contribution in [3.63, 3.8) is 0 Å². The molecule has 0 amide bonds. The second-order valence-electron chi connectivity index (χ2n) is 1.70. The van der Waals surface area contributed by atoms with E-state index in [1.807, 2.05) is 0 Å². The van der Waals surface area contributed by atoms with Crippen molar-refractivity contribution in [2.45, 2.75) is 13.3 Å². The van der Waals surface area contributed by atoms with Crippen LogP contribution in [-0.2, 0) is 20.6 Å². The SMILES string of the molecule is CC(=O)OCCCS(=O)[O-].[Na+]. The summed E-state index contributed by atoms with van der Waals surface area (Å²) in [6.45, 7) is 1.47. The Morgan fingerprint density at radius 1 is 1.64 bits per heavy atom. The smallest absolute Gasteiger partial charge is 0.772 e. The molecule has 0 saturated heterocycles. The zero-order valence-corrected chi connectivity index (χ0v) is 9.48. The average Bonchev–Trinajstić information content (AvgIpc) is 1.79. The summed E-state index contributed by atoms with van der Waals surface area (Å²) < 4.78 is 24.3. The van der Waals surface area contributed by atoms with Crippen molar-refractivity contribution in [1.82, 2.24) is 0 Å². The van der Waals surface area contributed by atoms with Crippen molar-refractivity contribution in [3.8, 4) is 0 Å². The van der Waals surface area contributed by atoms with Crippen LogP contribution in [0.5, 0.6) is 0 Å². The van der Waals surface area contributed by atoms with E-state index >= 15 is 0 Å². The van der Waals surface area contributed by atoms with Crippen LogP contribution < -0.4 is 29.6 Å². The molecule has 0 saturated carbocycles. The summed E-state index contributed by atoms with van der Waals surface area (Å²) in [5, 5.41) is 0. The van der Waals surface area contributed by atoms with Crippen molar-refractivity contribution >= 4 is 17.0 Å². The standard InChI is InChI=1S/C5H10O4S.Na/c1-5(6)9-3-2-4-10(7)8;/h2-4H2,1H3,(H,7,8);/q;+1/p-1. The molecule has 4 nitrogen and oxygen atoms in total. The van der Waals surface area contributed by atoms with Crippen molar-refractivity contribution < 1.29 is 47.9 Å². The maximum Gasteiger partial charge on any atom is 1.00 e. The molecule has 11 heavy (non-hydrogen) atoms. The van der Waals surface area contributed by atoms with E-state index < -0.39 is 11.1 Å². The molecule has 1 atom stereocenters. The molecule has 0 spiro atoms. The third-order valence-electron chi connectivity index (χ3n) is 0.761.